The molecule has 1 radical (unpaired) electrons. The number of fused-ring (bicyclic) bond motifs is 2. The Morgan fingerprint density at radius 2 is 1.93 bits per heavy atom. The Balaban J connectivity index is 2.04. The molecule has 0 fully saturated rings. The van der Waals surface area contributed by atoms with E-state index in [-0.39, 0.29) is 0 Å². The van der Waals surface area contributed by atoms with Gasteiger partial charge in [-0.2, -0.15) is 0 Å². The van der Waals surface area contributed by atoms with Crippen molar-refractivity contribution in [2.45, 2.75) is 12.5 Å². The molecule has 1 aliphatic heterocycles. The van der Waals surface area contributed by atoms with E-state index in [9.17, 15) is 0 Å². The summed E-state index contributed by atoms with van der Waals surface area (Å²) in [6.45, 7) is 0. The third-order valence-electron chi connectivity index (χ3n) is 3.11. The highest BCUT2D eigenvalue weighted by Gasteiger charge is 2.29. The van der Waals surface area contributed by atoms with E-state index in [0.29, 0.717) is 12.0 Å². The average molecular weight is 195 g/mol. The predicted octanol–water partition coefficient (Wildman–Crippen LogP) is 2.11. The van der Waals surface area contributed by atoms with Gasteiger partial charge in [-0.15, -0.1) is 0 Å². The first kappa shape index (κ1) is 8.66. The molecule has 1 nitrogen and oxygen atoms in total. The molecule has 2 atom stereocenters. The Labute approximate surface area is 89.9 Å². The molecule has 2 unspecified atom stereocenters. The number of aliphatic imine (C=N–C) groups is 1. The largest absolute Gasteiger partial charge is 0.244 e. The molecule has 1 aromatic rings. The topological polar surface area (TPSA) is 14.1 Å². The van der Waals surface area contributed by atoms with Gasteiger partial charge in [-0.25, -0.2) is 0 Å². The van der Waals surface area contributed by atoms with Gasteiger partial charge in [0.2, 0.25) is 12.3 Å². The standard InChI is InChI=1S/C14H13N/c1-2-7-13-10-15-14-8-4-3-6-12(14)9-11(13)5-1/h1-8,10,12,14H,9H2/q+1. The molecule has 0 bridgehead atoms. The molecular formula is C14H13N+. The van der Waals surface area contributed by atoms with Gasteiger partial charge in [0.25, 0.3) is 0 Å². The normalized spacial score (nSPS) is 26.9. The van der Waals surface area contributed by atoms with Gasteiger partial charge in [0.05, 0.1) is 5.92 Å². The van der Waals surface area contributed by atoms with Crippen LogP contribution in [0.1, 0.15) is 11.1 Å². The summed E-state index contributed by atoms with van der Waals surface area (Å²) in [6.07, 6.45) is 11.8. The lowest BCUT2D eigenvalue weighted by atomic mass is 9.89. The highest BCUT2D eigenvalue weighted by atomic mass is 14.8. The van der Waals surface area contributed by atoms with E-state index in [0.717, 1.165) is 6.42 Å². The second-order valence-electron chi connectivity index (χ2n) is 4.11. The number of rotatable bonds is 0. The molecule has 73 valence electrons. The molecule has 15 heavy (non-hydrogen) atoms. The monoisotopic (exact) mass is 195 g/mol. The Morgan fingerprint density at radius 3 is 2.93 bits per heavy atom. The van der Waals surface area contributed by atoms with Crippen LogP contribution in [0.5, 0.6) is 0 Å². The van der Waals surface area contributed by atoms with E-state index in [1.807, 2.05) is 6.21 Å². The van der Waals surface area contributed by atoms with Gasteiger partial charge in [-0.05, 0) is 24.1 Å². The fourth-order valence-corrected chi connectivity index (χ4v) is 2.26. The van der Waals surface area contributed by atoms with E-state index < -0.39 is 0 Å². The average Bonchev–Trinajstić information content (AvgIpc) is 2.48. The Morgan fingerprint density at radius 1 is 1.07 bits per heavy atom. The van der Waals surface area contributed by atoms with Gasteiger partial charge < -0.3 is 0 Å². The van der Waals surface area contributed by atoms with Gasteiger partial charge in [0, 0.05) is 10.6 Å². The first-order valence-corrected chi connectivity index (χ1v) is 5.39. The fraction of sp³-hybridized carbons (Fsp3) is 0.214. The van der Waals surface area contributed by atoms with Gasteiger partial charge in [-0.1, -0.05) is 36.4 Å². The summed E-state index contributed by atoms with van der Waals surface area (Å²) in [5.41, 5.74) is 2.68. The molecule has 0 amide bonds. The quantitative estimate of drug-likeness (QED) is 0.602. The maximum absolute atomic E-state index is 4.62. The van der Waals surface area contributed by atoms with Crippen LogP contribution in [0.4, 0.5) is 0 Å². The van der Waals surface area contributed by atoms with Crippen molar-refractivity contribution in [2.75, 3.05) is 0 Å². The zero-order valence-corrected chi connectivity index (χ0v) is 8.51. The molecule has 0 N–H and O–H groups in total. The van der Waals surface area contributed by atoms with Crippen molar-refractivity contribution in [2.24, 2.45) is 5.92 Å². The maximum Gasteiger partial charge on any atom is 0.244 e. The molecule has 1 heterocycles. The number of benzene rings is 1. The summed E-state index contributed by atoms with van der Waals surface area (Å²) in [5, 5.41) is 0. The van der Waals surface area contributed by atoms with Crippen molar-refractivity contribution < 1.29 is 0 Å². The molecule has 3 rings (SSSR count). The SMILES string of the molecule is C1=CC2Cc3ccccc3C=[N+]C2C=C1. The fourth-order valence-electron chi connectivity index (χ4n) is 2.26. The number of hydrogen-bond donors (Lipinski definition) is 0. The van der Waals surface area contributed by atoms with Crippen LogP contribution in [0, 0.1) is 5.92 Å². The predicted molar refractivity (Wildman–Crippen MR) is 63.0 cm³/mol. The Bertz CT molecular complexity index is 454. The Kier molecular flexibility index (Phi) is 2.02. The summed E-state index contributed by atoms with van der Waals surface area (Å²) in [4.78, 5) is 4.62. The minimum atomic E-state index is 0.336. The highest BCUT2D eigenvalue weighted by molar-refractivity contribution is 5.81. The van der Waals surface area contributed by atoms with Crippen LogP contribution in [0.25, 0.3) is 0 Å². The van der Waals surface area contributed by atoms with Crippen LogP contribution in [0.15, 0.2) is 48.6 Å². The Hall–Kier alpha value is -1.63. The van der Waals surface area contributed by atoms with Crippen LogP contribution in [0.2, 0.25) is 0 Å². The highest BCUT2D eigenvalue weighted by Crippen LogP contribution is 2.22. The smallest absolute Gasteiger partial charge is 0.0739 e. The van der Waals surface area contributed by atoms with Crippen LogP contribution >= 0.6 is 0 Å². The molecule has 1 heteroatoms. The molecule has 0 aromatic heterocycles. The van der Waals surface area contributed by atoms with E-state index in [1.165, 1.54) is 11.1 Å². The minimum Gasteiger partial charge on any atom is -0.0739 e. The van der Waals surface area contributed by atoms with Gasteiger partial charge in [0.15, 0.2) is 0 Å². The van der Waals surface area contributed by atoms with Gasteiger partial charge in [-0.3, -0.25) is 0 Å². The molecule has 1 aliphatic carbocycles. The van der Waals surface area contributed by atoms with Crippen molar-refractivity contribution in [3.8, 4) is 0 Å². The summed E-state index contributed by atoms with van der Waals surface area (Å²) in [7, 11) is 0. The zero-order chi connectivity index (χ0) is 10.1. The molecular weight excluding hydrogens is 182 g/mol. The lowest BCUT2D eigenvalue weighted by Crippen LogP contribution is -2.23. The van der Waals surface area contributed by atoms with Crippen molar-refractivity contribution in [1.82, 2.24) is 4.99 Å². The first-order chi connectivity index (χ1) is 7.43. The molecule has 1 aromatic carbocycles. The second kappa shape index (κ2) is 3.50. The van der Waals surface area contributed by atoms with Crippen LogP contribution in [-0.4, -0.2) is 12.3 Å². The van der Waals surface area contributed by atoms with E-state index >= 15 is 0 Å². The van der Waals surface area contributed by atoms with Crippen molar-refractivity contribution in [1.29, 1.82) is 0 Å². The maximum atomic E-state index is 4.62. The minimum absolute atomic E-state index is 0.336. The second-order valence-corrected chi connectivity index (χ2v) is 4.11. The number of hydrogen-bond acceptors (Lipinski definition) is 1. The third kappa shape index (κ3) is 1.54. The van der Waals surface area contributed by atoms with Crippen molar-refractivity contribution in [3.63, 3.8) is 0 Å². The van der Waals surface area contributed by atoms with Crippen LogP contribution in [0.3, 0.4) is 0 Å². The summed E-state index contributed by atoms with van der Waals surface area (Å²) < 4.78 is 0. The molecule has 2 aliphatic rings. The molecule has 0 saturated heterocycles. The lowest BCUT2D eigenvalue weighted by Gasteiger charge is -2.12. The molecule has 0 saturated carbocycles. The number of allylic oxidation sites excluding steroid dienone is 2. The van der Waals surface area contributed by atoms with E-state index in [1.54, 1.807) is 0 Å². The van der Waals surface area contributed by atoms with E-state index in [2.05, 4.69) is 53.6 Å². The lowest BCUT2D eigenvalue weighted by molar-refractivity contribution is 0.547. The van der Waals surface area contributed by atoms with Crippen LogP contribution in [-0.2, 0) is 6.42 Å². The zero-order valence-electron chi connectivity index (χ0n) is 8.51. The summed E-state index contributed by atoms with van der Waals surface area (Å²) in [6, 6.07) is 8.86. The third-order valence-corrected chi connectivity index (χ3v) is 3.11. The number of nitrogens with zero attached hydrogens (tertiary/aromatic N) is 1. The van der Waals surface area contributed by atoms with Crippen LogP contribution < -0.4 is 4.99 Å². The van der Waals surface area contributed by atoms with E-state index in [4.69, 9.17) is 0 Å². The van der Waals surface area contributed by atoms with Crippen molar-refractivity contribution >= 4 is 6.21 Å². The summed E-state index contributed by atoms with van der Waals surface area (Å²) >= 11 is 0. The van der Waals surface area contributed by atoms with Crippen molar-refractivity contribution in [3.05, 3.63) is 59.7 Å². The van der Waals surface area contributed by atoms with Gasteiger partial charge in [0.1, 0.15) is 0 Å². The first-order valence-electron chi connectivity index (χ1n) is 5.39. The van der Waals surface area contributed by atoms with Gasteiger partial charge >= 0.3 is 0 Å². The molecule has 0 spiro atoms. The summed E-state index contributed by atoms with van der Waals surface area (Å²) in [5.74, 6) is 0.537.